The van der Waals surface area contributed by atoms with Crippen molar-refractivity contribution in [3.8, 4) is 5.75 Å². The second kappa shape index (κ2) is 7.54. The second-order valence-electron chi connectivity index (χ2n) is 7.02. The molecule has 164 valence electrons. The van der Waals surface area contributed by atoms with Crippen molar-refractivity contribution in [3.63, 3.8) is 0 Å². The normalized spacial score (nSPS) is 11.7. The van der Waals surface area contributed by atoms with Gasteiger partial charge < -0.3 is 20.1 Å². The maximum atomic E-state index is 13.3. The van der Waals surface area contributed by atoms with Gasteiger partial charge in [0.15, 0.2) is 0 Å². The summed E-state index contributed by atoms with van der Waals surface area (Å²) in [5.41, 5.74) is -0.878. The van der Waals surface area contributed by atoms with E-state index < -0.39 is 45.3 Å². The first-order valence-electron chi connectivity index (χ1n) is 9.30. The van der Waals surface area contributed by atoms with Crippen LogP contribution in [0.5, 0.6) is 5.75 Å². The van der Waals surface area contributed by atoms with Gasteiger partial charge in [-0.1, -0.05) is 18.2 Å². The Balaban J connectivity index is 1.91. The van der Waals surface area contributed by atoms with E-state index in [2.05, 4.69) is 0 Å². The Kier molecular flexibility index (Phi) is 4.97. The van der Waals surface area contributed by atoms with E-state index in [-0.39, 0.29) is 15.8 Å². The van der Waals surface area contributed by atoms with Crippen LogP contribution in [0.25, 0.3) is 21.8 Å². The summed E-state index contributed by atoms with van der Waals surface area (Å²) in [6, 6.07) is 12.4. The van der Waals surface area contributed by atoms with Gasteiger partial charge in [-0.05, 0) is 30.3 Å². The number of hydrogen-bond donors (Lipinski definition) is 3. The summed E-state index contributed by atoms with van der Waals surface area (Å²) >= 11 is 0. The van der Waals surface area contributed by atoms with Crippen molar-refractivity contribution < 1.29 is 28.2 Å². The maximum absolute atomic E-state index is 13.3. The number of carboxylic acid groups (broad SMARTS) is 1. The minimum Gasteiger partial charge on any atom is -0.506 e. The van der Waals surface area contributed by atoms with Gasteiger partial charge in [-0.15, -0.1) is 0 Å². The summed E-state index contributed by atoms with van der Waals surface area (Å²) in [5, 5.41) is 22.1. The number of nitrogens with one attached hydrogen (secondary N) is 1. The Hall–Kier alpha value is -4.12. The van der Waals surface area contributed by atoms with Gasteiger partial charge in [-0.3, -0.25) is 14.4 Å². The number of rotatable bonds is 5. The lowest BCUT2D eigenvalue weighted by Gasteiger charge is -2.13. The van der Waals surface area contributed by atoms with Crippen molar-refractivity contribution in [1.29, 1.82) is 0 Å². The number of carbonyl (C=O) groups excluding carboxylic acids is 1. The molecule has 0 atom stereocenters. The Morgan fingerprint density at radius 3 is 2.50 bits per heavy atom. The number of carboxylic acids is 1. The average Bonchev–Trinajstić information content (AvgIpc) is 3.21. The first-order valence-corrected chi connectivity index (χ1v) is 10.7. The van der Waals surface area contributed by atoms with E-state index in [1.54, 1.807) is 30.3 Å². The van der Waals surface area contributed by atoms with Crippen LogP contribution in [0, 0.1) is 0 Å². The molecule has 11 heteroatoms. The molecule has 2 aromatic carbocycles. The van der Waals surface area contributed by atoms with Crippen LogP contribution in [0.1, 0.15) is 10.4 Å². The molecule has 32 heavy (non-hydrogen) atoms. The third-order valence-corrected chi connectivity index (χ3v) is 6.77. The molecular weight excluding hydrogens is 438 g/mol. The molecule has 0 saturated carbocycles. The minimum atomic E-state index is -4.07. The molecule has 0 spiro atoms. The molecule has 3 N–H and O–H groups in total. The van der Waals surface area contributed by atoms with Crippen molar-refractivity contribution in [2.24, 2.45) is 7.05 Å². The van der Waals surface area contributed by atoms with Gasteiger partial charge in [-0.2, -0.15) is 0 Å². The standard InChI is InChI=1S/C21H17N3O7S/c1-23-16-7-6-13(32(30,31)24-9-8-12-4-2-3-5-15(12)24)10-14(16)19(27)18(21(23)29)20(28)22-11-17(25)26/h2-10,27H,11H2,1H3,(H,22,28)(H,25,26). The van der Waals surface area contributed by atoms with Gasteiger partial charge in [0.1, 0.15) is 17.9 Å². The fourth-order valence-corrected chi connectivity index (χ4v) is 4.88. The molecule has 2 aromatic heterocycles. The lowest BCUT2D eigenvalue weighted by Crippen LogP contribution is -2.35. The number of fused-ring (bicyclic) bond motifs is 2. The zero-order valence-electron chi connectivity index (χ0n) is 16.6. The van der Waals surface area contributed by atoms with E-state index >= 15 is 0 Å². The van der Waals surface area contributed by atoms with Gasteiger partial charge in [-0.25, -0.2) is 12.4 Å². The van der Waals surface area contributed by atoms with Crippen molar-refractivity contribution in [2.45, 2.75) is 4.90 Å². The van der Waals surface area contributed by atoms with Crippen LogP contribution < -0.4 is 10.9 Å². The number of aryl methyl sites for hydroxylation is 1. The minimum absolute atomic E-state index is 0.0508. The van der Waals surface area contributed by atoms with Crippen molar-refractivity contribution >= 4 is 43.7 Å². The Morgan fingerprint density at radius 2 is 1.78 bits per heavy atom. The second-order valence-corrected chi connectivity index (χ2v) is 8.83. The van der Waals surface area contributed by atoms with E-state index in [1.165, 1.54) is 31.4 Å². The maximum Gasteiger partial charge on any atom is 0.322 e. The quantitative estimate of drug-likeness (QED) is 0.410. The van der Waals surface area contributed by atoms with E-state index in [0.717, 1.165) is 13.9 Å². The van der Waals surface area contributed by atoms with E-state index in [4.69, 9.17) is 5.11 Å². The number of pyridine rings is 1. The lowest BCUT2D eigenvalue weighted by molar-refractivity contribution is -0.135. The van der Waals surface area contributed by atoms with Crippen LogP contribution in [-0.2, 0) is 21.9 Å². The Bertz CT molecular complexity index is 1580. The van der Waals surface area contributed by atoms with Gasteiger partial charge in [0, 0.05) is 24.0 Å². The molecule has 0 aliphatic rings. The molecule has 2 heterocycles. The van der Waals surface area contributed by atoms with E-state index in [1.807, 2.05) is 5.32 Å². The summed E-state index contributed by atoms with van der Waals surface area (Å²) < 4.78 is 28.7. The molecule has 1 amide bonds. The van der Waals surface area contributed by atoms with Crippen LogP contribution >= 0.6 is 0 Å². The molecule has 0 unspecified atom stereocenters. The summed E-state index contributed by atoms with van der Waals surface area (Å²) in [5.74, 6) is -3.15. The number of amides is 1. The predicted molar refractivity (Wildman–Crippen MR) is 115 cm³/mol. The topological polar surface area (TPSA) is 148 Å². The smallest absolute Gasteiger partial charge is 0.322 e. The summed E-state index contributed by atoms with van der Waals surface area (Å²) in [7, 11) is -2.72. The Labute approximate surface area is 181 Å². The highest BCUT2D eigenvalue weighted by Crippen LogP contribution is 2.30. The molecule has 0 fully saturated rings. The first-order chi connectivity index (χ1) is 15.1. The van der Waals surface area contributed by atoms with Crippen LogP contribution in [-0.4, -0.2) is 45.6 Å². The predicted octanol–water partition coefficient (Wildman–Crippen LogP) is 1.25. The van der Waals surface area contributed by atoms with E-state index in [9.17, 15) is 27.9 Å². The SMILES string of the molecule is Cn1c(=O)c(C(=O)NCC(=O)O)c(O)c2cc(S(=O)(=O)n3ccc4ccccc43)ccc21. The highest BCUT2D eigenvalue weighted by Gasteiger charge is 2.24. The lowest BCUT2D eigenvalue weighted by atomic mass is 10.1. The zero-order chi connectivity index (χ0) is 23.2. The van der Waals surface area contributed by atoms with Crippen molar-refractivity contribution in [1.82, 2.24) is 13.9 Å². The molecule has 4 rings (SSSR count). The Morgan fingerprint density at radius 1 is 1.06 bits per heavy atom. The summed E-state index contributed by atoms with van der Waals surface area (Å²) in [4.78, 5) is 35.5. The number of benzene rings is 2. The summed E-state index contributed by atoms with van der Waals surface area (Å²) in [6.45, 7) is -0.755. The molecule has 0 saturated heterocycles. The fraction of sp³-hybridized carbons (Fsp3) is 0.0952. The van der Waals surface area contributed by atoms with Gasteiger partial charge in [0.05, 0.1) is 15.9 Å². The number of aromatic hydroxyl groups is 1. The highest BCUT2D eigenvalue weighted by molar-refractivity contribution is 7.90. The average molecular weight is 455 g/mol. The number of para-hydroxylation sites is 1. The number of aliphatic carboxylic acids is 1. The van der Waals surface area contributed by atoms with Crippen LogP contribution in [0.3, 0.4) is 0 Å². The molecule has 10 nitrogen and oxygen atoms in total. The number of nitrogens with zero attached hydrogens (tertiary/aromatic N) is 2. The van der Waals surface area contributed by atoms with Crippen molar-refractivity contribution in [2.75, 3.05) is 6.54 Å². The third-order valence-electron chi connectivity index (χ3n) is 5.09. The molecule has 0 radical (unpaired) electrons. The van der Waals surface area contributed by atoms with Gasteiger partial charge in [0.2, 0.25) is 0 Å². The zero-order valence-corrected chi connectivity index (χ0v) is 17.5. The first kappa shape index (κ1) is 21.1. The molecule has 0 aliphatic carbocycles. The van der Waals surface area contributed by atoms with Crippen LogP contribution in [0.15, 0.2) is 64.4 Å². The molecule has 0 aliphatic heterocycles. The third kappa shape index (κ3) is 3.28. The number of carbonyl (C=O) groups is 2. The number of hydrogen-bond acceptors (Lipinski definition) is 6. The molecule has 4 aromatic rings. The molecule has 0 bridgehead atoms. The summed E-state index contributed by atoms with van der Waals surface area (Å²) in [6.07, 6.45) is 1.41. The monoisotopic (exact) mass is 455 g/mol. The van der Waals surface area contributed by atoms with Gasteiger partial charge in [0.25, 0.3) is 21.5 Å². The largest absolute Gasteiger partial charge is 0.506 e. The van der Waals surface area contributed by atoms with E-state index in [0.29, 0.717) is 5.52 Å². The van der Waals surface area contributed by atoms with Crippen LogP contribution in [0.4, 0.5) is 0 Å². The van der Waals surface area contributed by atoms with Gasteiger partial charge >= 0.3 is 5.97 Å². The fourth-order valence-electron chi connectivity index (χ4n) is 3.50. The van der Waals surface area contributed by atoms with Crippen molar-refractivity contribution in [3.05, 3.63) is 70.6 Å². The number of aromatic nitrogens is 2. The highest BCUT2D eigenvalue weighted by atomic mass is 32.2. The van der Waals surface area contributed by atoms with Crippen LogP contribution in [0.2, 0.25) is 0 Å². The molecular formula is C21H17N3O7S.